The Morgan fingerprint density at radius 1 is 1.00 bits per heavy atom. The molecule has 0 aliphatic heterocycles. The van der Waals surface area contributed by atoms with Crippen LogP contribution in [0.5, 0.6) is 5.75 Å². The minimum absolute atomic E-state index is 0.902. The highest BCUT2D eigenvalue weighted by Gasteiger charge is 2.03. The van der Waals surface area contributed by atoms with Crippen LogP contribution >= 0.6 is 22.6 Å². The Labute approximate surface area is 103 Å². The highest BCUT2D eigenvalue weighted by molar-refractivity contribution is 14.1. The Balaban J connectivity index is 2.46. The van der Waals surface area contributed by atoms with E-state index in [4.69, 9.17) is 4.74 Å². The Morgan fingerprint density at radius 3 is 2.33 bits per heavy atom. The fraction of sp³-hybridized carbons (Fsp3) is 0.0769. The van der Waals surface area contributed by atoms with Crippen LogP contribution in [-0.4, -0.2) is 7.11 Å². The molecule has 0 spiro atoms. The van der Waals surface area contributed by atoms with Gasteiger partial charge >= 0.3 is 0 Å². The molecule has 0 atom stereocenters. The van der Waals surface area contributed by atoms with Crippen LogP contribution < -0.4 is 4.74 Å². The van der Waals surface area contributed by atoms with Gasteiger partial charge in [0.15, 0.2) is 0 Å². The lowest BCUT2D eigenvalue weighted by Crippen LogP contribution is -1.86. The Morgan fingerprint density at radius 2 is 1.73 bits per heavy atom. The van der Waals surface area contributed by atoms with Crippen molar-refractivity contribution in [3.63, 3.8) is 0 Å². The molecule has 0 aliphatic carbocycles. The fourth-order valence-corrected chi connectivity index (χ4v) is 2.27. The lowest BCUT2D eigenvalue weighted by atomic mass is 10.1. The van der Waals surface area contributed by atoms with Gasteiger partial charge in [-0.3, -0.25) is 0 Å². The Kier molecular flexibility index (Phi) is 3.26. The molecule has 0 aromatic heterocycles. The van der Waals surface area contributed by atoms with Crippen LogP contribution in [0, 0.1) is 3.57 Å². The summed E-state index contributed by atoms with van der Waals surface area (Å²) in [6, 6.07) is 16.5. The third-order valence-corrected chi connectivity index (χ3v) is 3.15. The first kappa shape index (κ1) is 10.5. The van der Waals surface area contributed by atoms with Crippen molar-refractivity contribution in [3.8, 4) is 16.9 Å². The minimum atomic E-state index is 0.902. The molecule has 0 amide bonds. The summed E-state index contributed by atoms with van der Waals surface area (Å²) in [5, 5.41) is 0. The van der Waals surface area contributed by atoms with Crippen molar-refractivity contribution >= 4 is 22.6 Å². The molecule has 0 unspecified atom stereocenters. The number of benzene rings is 2. The number of rotatable bonds is 2. The van der Waals surface area contributed by atoms with Crippen molar-refractivity contribution in [2.75, 3.05) is 7.11 Å². The highest BCUT2D eigenvalue weighted by atomic mass is 127. The predicted molar refractivity (Wildman–Crippen MR) is 71.1 cm³/mol. The second-order valence-electron chi connectivity index (χ2n) is 3.21. The van der Waals surface area contributed by atoms with E-state index in [0.29, 0.717) is 0 Å². The molecule has 0 fully saturated rings. The zero-order chi connectivity index (χ0) is 10.7. The summed E-state index contributed by atoms with van der Waals surface area (Å²) in [6.45, 7) is 0. The van der Waals surface area contributed by atoms with Gasteiger partial charge in [-0.1, -0.05) is 30.3 Å². The van der Waals surface area contributed by atoms with E-state index in [1.54, 1.807) is 7.11 Å². The first-order valence-electron chi connectivity index (χ1n) is 4.70. The number of halogens is 1. The molecular weight excluding hydrogens is 299 g/mol. The highest BCUT2D eigenvalue weighted by Crippen LogP contribution is 2.28. The first-order chi connectivity index (χ1) is 7.31. The quantitative estimate of drug-likeness (QED) is 0.763. The summed E-state index contributed by atoms with van der Waals surface area (Å²) >= 11 is 2.33. The van der Waals surface area contributed by atoms with E-state index >= 15 is 0 Å². The standard InChI is InChI=1S/C13H11IO/c1-15-11-7-8-12(13(14)9-11)10-5-3-2-4-6-10/h2-9H,1H3. The molecule has 2 aromatic carbocycles. The second-order valence-corrected chi connectivity index (χ2v) is 4.37. The summed E-state index contributed by atoms with van der Waals surface area (Å²) in [6.07, 6.45) is 0. The summed E-state index contributed by atoms with van der Waals surface area (Å²) < 4.78 is 6.39. The summed E-state index contributed by atoms with van der Waals surface area (Å²) in [7, 11) is 1.69. The summed E-state index contributed by atoms with van der Waals surface area (Å²) in [5.41, 5.74) is 2.49. The molecule has 2 rings (SSSR count). The Bertz CT molecular complexity index is 451. The second kappa shape index (κ2) is 4.66. The summed E-state index contributed by atoms with van der Waals surface area (Å²) in [5.74, 6) is 0.902. The van der Waals surface area contributed by atoms with Gasteiger partial charge in [0.25, 0.3) is 0 Å². The lowest BCUT2D eigenvalue weighted by Gasteiger charge is -2.06. The monoisotopic (exact) mass is 310 g/mol. The molecule has 0 heterocycles. The van der Waals surface area contributed by atoms with Gasteiger partial charge in [-0.05, 0) is 51.9 Å². The molecule has 2 heteroatoms. The molecule has 0 aliphatic rings. The molecular formula is C13H11IO. The number of ether oxygens (including phenoxy) is 1. The lowest BCUT2D eigenvalue weighted by molar-refractivity contribution is 0.414. The normalized spacial score (nSPS) is 10.0. The minimum Gasteiger partial charge on any atom is -0.497 e. The molecule has 2 aromatic rings. The third kappa shape index (κ3) is 2.31. The largest absolute Gasteiger partial charge is 0.497 e. The smallest absolute Gasteiger partial charge is 0.119 e. The van der Waals surface area contributed by atoms with E-state index < -0.39 is 0 Å². The maximum absolute atomic E-state index is 5.18. The van der Waals surface area contributed by atoms with Crippen molar-refractivity contribution < 1.29 is 4.74 Å². The average molecular weight is 310 g/mol. The topological polar surface area (TPSA) is 9.23 Å². The van der Waals surface area contributed by atoms with Crippen LogP contribution in [0.3, 0.4) is 0 Å². The third-order valence-electron chi connectivity index (χ3n) is 2.26. The molecule has 76 valence electrons. The van der Waals surface area contributed by atoms with Crippen molar-refractivity contribution in [2.45, 2.75) is 0 Å². The van der Waals surface area contributed by atoms with Crippen LogP contribution in [0.2, 0.25) is 0 Å². The predicted octanol–water partition coefficient (Wildman–Crippen LogP) is 3.97. The van der Waals surface area contributed by atoms with E-state index in [9.17, 15) is 0 Å². The van der Waals surface area contributed by atoms with Crippen LogP contribution in [0.4, 0.5) is 0 Å². The Hall–Kier alpha value is -1.03. The van der Waals surface area contributed by atoms with Gasteiger partial charge < -0.3 is 4.74 Å². The van der Waals surface area contributed by atoms with E-state index in [-0.39, 0.29) is 0 Å². The maximum Gasteiger partial charge on any atom is 0.119 e. The molecule has 15 heavy (non-hydrogen) atoms. The first-order valence-corrected chi connectivity index (χ1v) is 5.78. The molecule has 1 nitrogen and oxygen atoms in total. The van der Waals surface area contributed by atoms with Gasteiger partial charge in [0.05, 0.1) is 7.11 Å². The van der Waals surface area contributed by atoms with E-state index in [2.05, 4.69) is 52.9 Å². The van der Waals surface area contributed by atoms with Gasteiger partial charge in [-0.25, -0.2) is 0 Å². The van der Waals surface area contributed by atoms with E-state index in [1.807, 2.05) is 18.2 Å². The van der Waals surface area contributed by atoms with Crippen molar-refractivity contribution in [3.05, 3.63) is 52.1 Å². The fourth-order valence-electron chi connectivity index (χ4n) is 1.47. The van der Waals surface area contributed by atoms with Gasteiger partial charge in [-0.15, -0.1) is 0 Å². The van der Waals surface area contributed by atoms with Crippen molar-refractivity contribution in [1.29, 1.82) is 0 Å². The number of methoxy groups -OCH3 is 1. The zero-order valence-corrected chi connectivity index (χ0v) is 10.6. The van der Waals surface area contributed by atoms with Crippen molar-refractivity contribution in [1.82, 2.24) is 0 Å². The molecule has 0 saturated heterocycles. The van der Waals surface area contributed by atoms with Crippen LogP contribution in [0.1, 0.15) is 0 Å². The van der Waals surface area contributed by atoms with Gasteiger partial charge in [-0.2, -0.15) is 0 Å². The van der Waals surface area contributed by atoms with Crippen LogP contribution in [-0.2, 0) is 0 Å². The zero-order valence-electron chi connectivity index (χ0n) is 8.41. The maximum atomic E-state index is 5.18. The summed E-state index contributed by atoms with van der Waals surface area (Å²) in [4.78, 5) is 0. The molecule has 0 radical (unpaired) electrons. The van der Waals surface area contributed by atoms with E-state index in [0.717, 1.165) is 5.75 Å². The molecule has 0 N–H and O–H groups in total. The van der Waals surface area contributed by atoms with Crippen molar-refractivity contribution in [2.24, 2.45) is 0 Å². The van der Waals surface area contributed by atoms with E-state index in [1.165, 1.54) is 14.7 Å². The van der Waals surface area contributed by atoms with Gasteiger partial charge in [0.2, 0.25) is 0 Å². The molecule has 0 saturated carbocycles. The number of hydrogen-bond donors (Lipinski definition) is 0. The molecule has 0 bridgehead atoms. The SMILES string of the molecule is COc1ccc(-c2ccccc2)c(I)c1. The van der Waals surface area contributed by atoms with Gasteiger partial charge in [0.1, 0.15) is 5.75 Å². The average Bonchev–Trinajstić information content (AvgIpc) is 2.30. The van der Waals surface area contributed by atoms with Crippen LogP contribution in [0.15, 0.2) is 48.5 Å². The number of hydrogen-bond acceptors (Lipinski definition) is 1. The van der Waals surface area contributed by atoms with Crippen LogP contribution in [0.25, 0.3) is 11.1 Å². The van der Waals surface area contributed by atoms with Gasteiger partial charge in [0, 0.05) is 3.57 Å².